The molecule has 19 heavy (non-hydrogen) atoms. The standard InChI is InChI=1S/C16H24N2S/c1-12-6-5-8-14(10-12)18(2)11-13-7-3-4-9-15(13)16(17)19/h3-4,7,9,12,14H,5-6,8,10-11H2,1-2H3,(H2,17,19). The van der Waals surface area contributed by atoms with Crippen LogP contribution < -0.4 is 5.73 Å². The predicted molar refractivity (Wildman–Crippen MR) is 85.2 cm³/mol. The minimum absolute atomic E-state index is 0.501. The molecule has 0 bridgehead atoms. The van der Waals surface area contributed by atoms with Gasteiger partial charge < -0.3 is 5.73 Å². The van der Waals surface area contributed by atoms with Crippen molar-refractivity contribution in [3.63, 3.8) is 0 Å². The highest BCUT2D eigenvalue weighted by atomic mass is 32.1. The summed E-state index contributed by atoms with van der Waals surface area (Å²) in [6, 6.07) is 8.92. The van der Waals surface area contributed by atoms with Crippen molar-refractivity contribution in [2.75, 3.05) is 7.05 Å². The van der Waals surface area contributed by atoms with Crippen molar-refractivity contribution >= 4 is 17.2 Å². The van der Waals surface area contributed by atoms with Crippen molar-refractivity contribution in [1.29, 1.82) is 0 Å². The number of thiocarbonyl (C=S) groups is 1. The Kier molecular flexibility index (Phi) is 4.94. The monoisotopic (exact) mass is 276 g/mol. The highest BCUT2D eigenvalue weighted by Gasteiger charge is 2.22. The summed E-state index contributed by atoms with van der Waals surface area (Å²) in [4.78, 5) is 2.97. The van der Waals surface area contributed by atoms with Gasteiger partial charge in [-0.3, -0.25) is 4.90 Å². The zero-order chi connectivity index (χ0) is 13.8. The number of nitrogens with zero attached hydrogens (tertiary/aromatic N) is 1. The third-order valence-corrected chi connectivity index (χ3v) is 4.45. The molecule has 0 amide bonds. The maximum absolute atomic E-state index is 5.80. The van der Waals surface area contributed by atoms with Gasteiger partial charge in [0.05, 0.1) is 0 Å². The van der Waals surface area contributed by atoms with Crippen molar-refractivity contribution in [1.82, 2.24) is 4.90 Å². The van der Waals surface area contributed by atoms with Gasteiger partial charge in [0.2, 0.25) is 0 Å². The van der Waals surface area contributed by atoms with Crippen LogP contribution in [0.1, 0.15) is 43.7 Å². The van der Waals surface area contributed by atoms with E-state index >= 15 is 0 Å². The van der Waals surface area contributed by atoms with E-state index in [0.29, 0.717) is 11.0 Å². The van der Waals surface area contributed by atoms with Crippen LogP contribution in [0.5, 0.6) is 0 Å². The Morgan fingerprint density at radius 1 is 1.37 bits per heavy atom. The average molecular weight is 276 g/mol. The largest absolute Gasteiger partial charge is 0.389 e. The number of nitrogens with two attached hydrogens (primary N) is 1. The maximum Gasteiger partial charge on any atom is 0.104 e. The summed E-state index contributed by atoms with van der Waals surface area (Å²) in [5.41, 5.74) is 8.07. The highest BCUT2D eigenvalue weighted by Crippen LogP contribution is 2.27. The summed E-state index contributed by atoms with van der Waals surface area (Å²) in [7, 11) is 2.22. The fraction of sp³-hybridized carbons (Fsp3) is 0.562. The van der Waals surface area contributed by atoms with Gasteiger partial charge in [-0.15, -0.1) is 0 Å². The van der Waals surface area contributed by atoms with Crippen LogP contribution in [0.4, 0.5) is 0 Å². The van der Waals surface area contributed by atoms with Crippen molar-refractivity contribution in [2.24, 2.45) is 11.7 Å². The molecule has 2 atom stereocenters. The van der Waals surface area contributed by atoms with Crippen LogP contribution in [-0.4, -0.2) is 23.0 Å². The Bertz CT molecular complexity index is 444. The fourth-order valence-corrected chi connectivity index (χ4v) is 3.30. The van der Waals surface area contributed by atoms with Gasteiger partial charge in [0.25, 0.3) is 0 Å². The minimum Gasteiger partial charge on any atom is -0.389 e. The first-order chi connectivity index (χ1) is 9.08. The molecule has 1 aliphatic carbocycles. The normalized spacial score (nSPS) is 23.5. The maximum atomic E-state index is 5.80. The van der Waals surface area contributed by atoms with Gasteiger partial charge in [0.15, 0.2) is 0 Å². The Labute approximate surface area is 122 Å². The van der Waals surface area contributed by atoms with E-state index in [1.54, 1.807) is 0 Å². The van der Waals surface area contributed by atoms with E-state index in [4.69, 9.17) is 18.0 Å². The number of hydrogen-bond donors (Lipinski definition) is 1. The van der Waals surface area contributed by atoms with Gasteiger partial charge in [-0.2, -0.15) is 0 Å². The number of hydrogen-bond acceptors (Lipinski definition) is 2. The molecule has 0 saturated heterocycles. The molecule has 0 aromatic heterocycles. The van der Waals surface area contributed by atoms with Crippen LogP contribution in [-0.2, 0) is 6.54 Å². The zero-order valence-corrected chi connectivity index (χ0v) is 12.7. The van der Waals surface area contributed by atoms with Crippen molar-refractivity contribution in [3.05, 3.63) is 35.4 Å². The molecule has 1 saturated carbocycles. The molecular formula is C16H24N2S. The first-order valence-electron chi connectivity index (χ1n) is 7.16. The predicted octanol–water partition coefficient (Wildman–Crippen LogP) is 3.33. The molecule has 0 radical (unpaired) electrons. The van der Waals surface area contributed by atoms with E-state index in [2.05, 4.69) is 31.0 Å². The third-order valence-electron chi connectivity index (χ3n) is 4.23. The van der Waals surface area contributed by atoms with Crippen LogP contribution in [0.15, 0.2) is 24.3 Å². The molecule has 2 unspecified atom stereocenters. The lowest BCUT2D eigenvalue weighted by Crippen LogP contribution is -2.35. The van der Waals surface area contributed by atoms with E-state index < -0.39 is 0 Å². The van der Waals surface area contributed by atoms with Crippen LogP contribution in [0.25, 0.3) is 0 Å². The van der Waals surface area contributed by atoms with Crippen LogP contribution >= 0.6 is 12.2 Å². The van der Waals surface area contributed by atoms with Crippen molar-refractivity contribution < 1.29 is 0 Å². The first kappa shape index (κ1) is 14.5. The van der Waals surface area contributed by atoms with Crippen molar-refractivity contribution in [2.45, 2.75) is 45.2 Å². The van der Waals surface area contributed by atoms with E-state index in [1.165, 1.54) is 31.2 Å². The molecule has 0 spiro atoms. The molecular weight excluding hydrogens is 252 g/mol. The average Bonchev–Trinajstić information content (AvgIpc) is 2.39. The Balaban J connectivity index is 2.06. The molecule has 1 aliphatic rings. The van der Waals surface area contributed by atoms with Gasteiger partial charge in [-0.1, -0.05) is 56.2 Å². The molecule has 1 aromatic rings. The molecule has 3 heteroatoms. The minimum atomic E-state index is 0.501. The third kappa shape index (κ3) is 3.77. The molecule has 2 N–H and O–H groups in total. The second-order valence-electron chi connectivity index (χ2n) is 5.86. The Hall–Kier alpha value is -0.930. The smallest absolute Gasteiger partial charge is 0.104 e. The SMILES string of the molecule is CC1CCCC(N(C)Cc2ccccc2C(N)=S)C1. The van der Waals surface area contributed by atoms with Crippen LogP contribution in [0, 0.1) is 5.92 Å². The van der Waals surface area contributed by atoms with Crippen molar-refractivity contribution in [3.8, 4) is 0 Å². The summed E-state index contributed by atoms with van der Waals surface area (Å²) in [6.07, 6.45) is 5.36. The summed E-state index contributed by atoms with van der Waals surface area (Å²) in [6.45, 7) is 3.30. The second-order valence-corrected chi connectivity index (χ2v) is 6.30. The molecule has 104 valence electrons. The first-order valence-corrected chi connectivity index (χ1v) is 7.56. The quantitative estimate of drug-likeness (QED) is 0.855. The highest BCUT2D eigenvalue weighted by molar-refractivity contribution is 7.80. The Morgan fingerprint density at radius 2 is 2.11 bits per heavy atom. The van der Waals surface area contributed by atoms with Crippen LogP contribution in [0.2, 0.25) is 0 Å². The zero-order valence-electron chi connectivity index (χ0n) is 11.9. The van der Waals surface area contributed by atoms with E-state index in [0.717, 1.165) is 18.0 Å². The summed E-state index contributed by atoms with van der Waals surface area (Å²) >= 11 is 5.14. The molecule has 1 fully saturated rings. The Morgan fingerprint density at radius 3 is 2.79 bits per heavy atom. The lowest BCUT2D eigenvalue weighted by atomic mass is 9.86. The van der Waals surface area contributed by atoms with E-state index in [1.807, 2.05) is 12.1 Å². The van der Waals surface area contributed by atoms with Gasteiger partial charge in [-0.25, -0.2) is 0 Å². The van der Waals surface area contributed by atoms with Gasteiger partial charge in [0, 0.05) is 18.2 Å². The van der Waals surface area contributed by atoms with E-state index in [9.17, 15) is 0 Å². The molecule has 0 heterocycles. The van der Waals surface area contributed by atoms with Gasteiger partial charge in [-0.05, 0) is 31.4 Å². The summed E-state index contributed by atoms with van der Waals surface area (Å²) in [5.74, 6) is 0.854. The summed E-state index contributed by atoms with van der Waals surface area (Å²) < 4.78 is 0. The fourth-order valence-electron chi connectivity index (χ4n) is 3.10. The van der Waals surface area contributed by atoms with Gasteiger partial charge >= 0.3 is 0 Å². The van der Waals surface area contributed by atoms with Gasteiger partial charge in [0.1, 0.15) is 4.99 Å². The topological polar surface area (TPSA) is 29.3 Å². The van der Waals surface area contributed by atoms with Crippen LogP contribution in [0.3, 0.4) is 0 Å². The lowest BCUT2D eigenvalue weighted by molar-refractivity contribution is 0.157. The summed E-state index contributed by atoms with van der Waals surface area (Å²) in [5, 5.41) is 0. The molecule has 2 nitrogen and oxygen atoms in total. The lowest BCUT2D eigenvalue weighted by Gasteiger charge is -2.34. The molecule has 0 aliphatic heterocycles. The number of benzene rings is 1. The molecule has 1 aromatic carbocycles. The van der Waals surface area contributed by atoms with E-state index in [-0.39, 0.29) is 0 Å². The molecule has 2 rings (SSSR count). The number of rotatable bonds is 4. The second kappa shape index (κ2) is 6.49.